The van der Waals surface area contributed by atoms with E-state index in [0.717, 1.165) is 40.8 Å². The van der Waals surface area contributed by atoms with Gasteiger partial charge in [0.1, 0.15) is 21.6 Å². The molecule has 0 amide bonds. The predicted molar refractivity (Wildman–Crippen MR) is 84.5 cm³/mol. The molecule has 4 rings (SSSR count). The number of benzene rings is 1. The molecule has 2 aromatic heterocycles. The summed E-state index contributed by atoms with van der Waals surface area (Å²) < 4.78 is 6.32. The molecule has 5 heteroatoms. The molecule has 1 saturated carbocycles. The van der Waals surface area contributed by atoms with Crippen LogP contribution in [0.5, 0.6) is 0 Å². The molecule has 1 N–H and O–H groups in total. The molecular formula is C16H13BrN2O2. The van der Waals surface area contributed by atoms with Gasteiger partial charge in [-0.05, 0) is 41.8 Å². The lowest BCUT2D eigenvalue weighted by atomic mass is 10.1. The van der Waals surface area contributed by atoms with Crippen molar-refractivity contribution in [2.24, 2.45) is 0 Å². The highest BCUT2D eigenvalue weighted by Crippen LogP contribution is 2.42. The van der Waals surface area contributed by atoms with Gasteiger partial charge in [-0.3, -0.25) is 4.79 Å². The van der Waals surface area contributed by atoms with Gasteiger partial charge in [-0.1, -0.05) is 18.2 Å². The van der Waals surface area contributed by atoms with Crippen molar-refractivity contribution >= 4 is 26.9 Å². The molecule has 0 bridgehead atoms. The van der Waals surface area contributed by atoms with Crippen LogP contribution in [-0.2, 0) is 0 Å². The first-order chi connectivity index (χ1) is 10.1. The van der Waals surface area contributed by atoms with E-state index in [-0.39, 0.29) is 5.56 Å². The largest absolute Gasteiger partial charge is 0.461 e. The third kappa shape index (κ3) is 2.03. The summed E-state index contributed by atoms with van der Waals surface area (Å²) in [5.74, 6) is 1.76. The Morgan fingerprint density at radius 1 is 1.33 bits per heavy atom. The van der Waals surface area contributed by atoms with Crippen molar-refractivity contribution in [3.63, 3.8) is 0 Å². The summed E-state index contributed by atoms with van der Waals surface area (Å²) in [6.07, 6.45) is 2.19. The van der Waals surface area contributed by atoms with Gasteiger partial charge in [-0.25, -0.2) is 4.98 Å². The number of hydrogen-bond donors (Lipinski definition) is 1. The summed E-state index contributed by atoms with van der Waals surface area (Å²) in [6, 6.07) is 7.80. The Labute approximate surface area is 129 Å². The monoisotopic (exact) mass is 344 g/mol. The van der Waals surface area contributed by atoms with Gasteiger partial charge in [-0.2, -0.15) is 0 Å². The first kappa shape index (κ1) is 12.8. The highest BCUT2D eigenvalue weighted by molar-refractivity contribution is 9.10. The maximum atomic E-state index is 12.2. The van der Waals surface area contributed by atoms with E-state index in [2.05, 4.69) is 25.9 Å². The number of H-pyrrole nitrogens is 1. The van der Waals surface area contributed by atoms with Crippen LogP contribution >= 0.6 is 15.9 Å². The Hall–Kier alpha value is -1.88. The number of para-hydroxylation sites is 1. The minimum absolute atomic E-state index is 0.133. The Morgan fingerprint density at radius 3 is 2.86 bits per heavy atom. The van der Waals surface area contributed by atoms with E-state index in [9.17, 15) is 4.79 Å². The molecule has 0 spiro atoms. The fourth-order valence-corrected chi connectivity index (χ4v) is 3.20. The second-order valence-corrected chi connectivity index (χ2v) is 6.21. The summed E-state index contributed by atoms with van der Waals surface area (Å²) in [5.41, 5.74) is 2.41. The van der Waals surface area contributed by atoms with Crippen molar-refractivity contribution in [3.8, 4) is 11.4 Å². The molecule has 0 saturated heterocycles. The van der Waals surface area contributed by atoms with E-state index < -0.39 is 0 Å². The van der Waals surface area contributed by atoms with Crippen molar-refractivity contribution in [1.82, 2.24) is 9.97 Å². The van der Waals surface area contributed by atoms with Crippen LogP contribution in [-0.4, -0.2) is 9.97 Å². The first-order valence-electron chi connectivity index (χ1n) is 6.93. The lowest BCUT2D eigenvalue weighted by molar-refractivity contribution is 0.579. The number of furan rings is 1. The summed E-state index contributed by atoms with van der Waals surface area (Å²) in [6.45, 7) is 1.90. The smallest absolute Gasteiger partial charge is 0.265 e. The zero-order chi connectivity index (χ0) is 14.6. The fourth-order valence-electron chi connectivity index (χ4n) is 2.68. The Balaban J connectivity index is 2.01. The molecule has 0 unspecified atom stereocenters. The molecule has 2 heterocycles. The lowest BCUT2D eigenvalue weighted by Crippen LogP contribution is -2.13. The Bertz CT molecular complexity index is 906. The van der Waals surface area contributed by atoms with Gasteiger partial charge in [0.25, 0.3) is 5.56 Å². The zero-order valence-electron chi connectivity index (χ0n) is 11.4. The van der Waals surface area contributed by atoms with Gasteiger partial charge in [0.2, 0.25) is 0 Å². The third-order valence-corrected chi connectivity index (χ3v) is 4.63. The molecule has 1 fully saturated rings. The number of nitrogens with one attached hydrogen (secondary N) is 1. The molecule has 0 aliphatic heterocycles. The summed E-state index contributed by atoms with van der Waals surface area (Å²) in [7, 11) is 0. The van der Waals surface area contributed by atoms with Gasteiger partial charge < -0.3 is 9.40 Å². The fraction of sp³-hybridized carbons (Fsp3) is 0.250. The minimum Gasteiger partial charge on any atom is -0.461 e. The maximum Gasteiger partial charge on any atom is 0.265 e. The van der Waals surface area contributed by atoms with E-state index in [0.29, 0.717) is 16.2 Å². The zero-order valence-corrected chi connectivity index (χ0v) is 13.0. The van der Waals surface area contributed by atoms with Gasteiger partial charge >= 0.3 is 0 Å². The van der Waals surface area contributed by atoms with E-state index in [1.165, 1.54) is 0 Å². The van der Waals surface area contributed by atoms with Crippen LogP contribution in [0.1, 0.15) is 30.2 Å². The summed E-state index contributed by atoms with van der Waals surface area (Å²) in [5, 5.41) is 0.974. The lowest BCUT2D eigenvalue weighted by Gasteiger charge is -2.05. The second kappa shape index (κ2) is 4.56. The van der Waals surface area contributed by atoms with Gasteiger partial charge in [0.15, 0.2) is 0 Å². The van der Waals surface area contributed by atoms with Crippen LogP contribution in [0.4, 0.5) is 0 Å². The normalized spacial score (nSPS) is 14.8. The number of aryl methyl sites for hydroxylation is 1. The molecular weight excluding hydrogens is 332 g/mol. The van der Waals surface area contributed by atoms with Crippen molar-refractivity contribution in [2.75, 3.05) is 0 Å². The number of nitrogens with zero attached hydrogens (tertiary/aromatic N) is 1. The van der Waals surface area contributed by atoms with Crippen molar-refractivity contribution in [1.29, 1.82) is 0 Å². The van der Waals surface area contributed by atoms with E-state index in [1.807, 2.05) is 31.2 Å². The predicted octanol–water partition coefficient (Wildman–Crippen LogP) is 4.13. The molecule has 3 aromatic rings. The number of halogens is 1. The summed E-state index contributed by atoms with van der Waals surface area (Å²) >= 11 is 3.36. The third-order valence-electron chi connectivity index (χ3n) is 3.86. The quantitative estimate of drug-likeness (QED) is 0.760. The number of aromatic nitrogens is 2. The Kier molecular flexibility index (Phi) is 2.79. The van der Waals surface area contributed by atoms with Crippen molar-refractivity contribution in [3.05, 3.63) is 50.5 Å². The van der Waals surface area contributed by atoms with E-state index >= 15 is 0 Å². The SMILES string of the molecule is Cc1oc2ccccc2c1-c1nc(C2CC2)c(Br)c(=O)[nH]1. The molecule has 1 aliphatic rings. The first-order valence-corrected chi connectivity index (χ1v) is 7.72. The number of aromatic amines is 1. The molecule has 106 valence electrons. The molecule has 0 radical (unpaired) electrons. The van der Waals surface area contributed by atoms with Crippen LogP contribution in [0.2, 0.25) is 0 Å². The summed E-state index contributed by atoms with van der Waals surface area (Å²) in [4.78, 5) is 19.7. The van der Waals surface area contributed by atoms with Crippen LogP contribution in [0.15, 0.2) is 37.9 Å². The molecule has 21 heavy (non-hydrogen) atoms. The van der Waals surface area contributed by atoms with Crippen molar-refractivity contribution < 1.29 is 4.42 Å². The topological polar surface area (TPSA) is 58.9 Å². The van der Waals surface area contributed by atoms with Crippen molar-refractivity contribution in [2.45, 2.75) is 25.7 Å². The molecule has 4 nitrogen and oxygen atoms in total. The highest BCUT2D eigenvalue weighted by atomic mass is 79.9. The molecule has 1 aromatic carbocycles. The van der Waals surface area contributed by atoms with Crippen LogP contribution in [0, 0.1) is 6.92 Å². The average Bonchev–Trinajstić information content (AvgIpc) is 3.24. The molecule has 1 aliphatic carbocycles. The average molecular weight is 345 g/mol. The van der Waals surface area contributed by atoms with E-state index in [1.54, 1.807) is 0 Å². The minimum atomic E-state index is -0.133. The number of hydrogen-bond acceptors (Lipinski definition) is 3. The van der Waals surface area contributed by atoms with Gasteiger partial charge in [0, 0.05) is 11.3 Å². The highest BCUT2D eigenvalue weighted by Gasteiger charge is 2.29. The molecule has 0 atom stereocenters. The Morgan fingerprint density at radius 2 is 2.10 bits per heavy atom. The van der Waals surface area contributed by atoms with Gasteiger partial charge in [-0.15, -0.1) is 0 Å². The van der Waals surface area contributed by atoms with Crippen LogP contribution < -0.4 is 5.56 Å². The second-order valence-electron chi connectivity index (χ2n) is 5.42. The maximum absolute atomic E-state index is 12.2. The van der Waals surface area contributed by atoms with Crippen LogP contribution in [0.3, 0.4) is 0 Å². The van der Waals surface area contributed by atoms with E-state index in [4.69, 9.17) is 4.42 Å². The van der Waals surface area contributed by atoms with Gasteiger partial charge in [0.05, 0.1) is 11.3 Å². The van der Waals surface area contributed by atoms with Crippen LogP contribution in [0.25, 0.3) is 22.4 Å². The number of fused-ring (bicyclic) bond motifs is 1. The number of rotatable bonds is 2. The standard InChI is InChI=1S/C16H13BrN2O2/c1-8-12(10-4-2-3-5-11(10)21-8)15-18-14(9-6-7-9)13(17)16(20)19-15/h2-5,9H,6-7H2,1H3,(H,18,19,20).